The summed E-state index contributed by atoms with van der Waals surface area (Å²) in [5.74, 6) is 0.879. The molecule has 0 fully saturated rings. The first-order valence-corrected chi connectivity index (χ1v) is 6.41. The van der Waals surface area contributed by atoms with Gasteiger partial charge in [0, 0.05) is 11.7 Å². The second-order valence-electron chi connectivity index (χ2n) is 4.83. The number of amides is 1. The summed E-state index contributed by atoms with van der Waals surface area (Å²) in [6, 6.07) is 11.6. The number of carbonyl (C=O) groups excluding carboxylic acids is 1. The lowest BCUT2D eigenvalue weighted by atomic mass is 10.1. The summed E-state index contributed by atoms with van der Waals surface area (Å²) < 4.78 is 5.45. The third-order valence-corrected chi connectivity index (χ3v) is 3.50. The quantitative estimate of drug-likeness (QED) is 0.897. The molecular formula is C15H16N2O2. The van der Waals surface area contributed by atoms with Gasteiger partial charge >= 0.3 is 0 Å². The van der Waals surface area contributed by atoms with Crippen LogP contribution in [0.15, 0.2) is 40.8 Å². The molecule has 0 radical (unpaired) electrons. The molecule has 0 aliphatic carbocycles. The topological polar surface area (TPSA) is 59.5 Å². The summed E-state index contributed by atoms with van der Waals surface area (Å²) in [4.78, 5) is 14.3. The van der Waals surface area contributed by atoms with Crippen molar-refractivity contribution in [3.63, 3.8) is 0 Å². The second-order valence-corrected chi connectivity index (χ2v) is 4.83. The van der Waals surface area contributed by atoms with Crippen molar-refractivity contribution in [2.24, 2.45) is 5.73 Å². The Morgan fingerprint density at radius 1 is 1.37 bits per heavy atom. The molecule has 1 aliphatic rings. The van der Waals surface area contributed by atoms with E-state index in [9.17, 15) is 4.79 Å². The van der Waals surface area contributed by atoms with Gasteiger partial charge in [-0.25, -0.2) is 0 Å². The number of nitrogens with zero attached hydrogens (tertiary/aromatic N) is 1. The van der Waals surface area contributed by atoms with Gasteiger partial charge in [0.2, 0.25) is 0 Å². The molecule has 1 unspecified atom stereocenters. The Morgan fingerprint density at radius 3 is 2.89 bits per heavy atom. The van der Waals surface area contributed by atoms with Crippen molar-refractivity contribution >= 4 is 11.6 Å². The maximum atomic E-state index is 12.5. The zero-order valence-corrected chi connectivity index (χ0v) is 10.8. The predicted octanol–water partition coefficient (Wildman–Crippen LogP) is 2.33. The molecule has 2 N–H and O–H groups in total. The predicted molar refractivity (Wildman–Crippen MR) is 73.0 cm³/mol. The smallest absolute Gasteiger partial charge is 0.294 e. The zero-order valence-electron chi connectivity index (χ0n) is 10.8. The van der Waals surface area contributed by atoms with Crippen LogP contribution in [0.2, 0.25) is 0 Å². The van der Waals surface area contributed by atoms with Gasteiger partial charge in [-0.2, -0.15) is 0 Å². The van der Waals surface area contributed by atoms with Crippen LogP contribution in [0, 0.1) is 0 Å². The molecule has 4 nitrogen and oxygen atoms in total. The number of nitrogens with two attached hydrogens (primary N) is 1. The van der Waals surface area contributed by atoms with Crippen LogP contribution in [0.1, 0.15) is 28.8 Å². The number of para-hydroxylation sites is 1. The summed E-state index contributed by atoms with van der Waals surface area (Å²) >= 11 is 0. The van der Waals surface area contributed by atoms with Crippen LogP contribution in [-0.2, 0) is 13.0 Å². The minimum absolute atomic E-state index is 0.0999. The van der Waals surface area contributed by atoms with Crippen LogP contribution < -0.4 is 10.6 Å². The number of anilines is 1. The van der Waals surface area contributed by atoms with E-state index in [4.69, 9.17) is 10.2 Å². The van der Waals surface area contributed by atoms with Gasteiger partial charge in [0.05, 0.1) is 6.54 Å². The molecule has 98 valence electrons. The number of hydrogen-bond acceptors (Lipinski definition) is 3. The largest absolute Gasteiger partial charge is 0.455 e. The molecule has 1 aromatic carbocycles. The van der Waals surface area contributed by atoms with Crippen molar-refractivity contribution in [2.45, 2.75) is 25.9 Å². The summed E-state index contributed by atoms with van der Waals surface area (Å²) in [6.45, 7) is 2.35. The van der Waals surface area contributed by atoms with E-state index in [1.807, 2.05) is 25.1 Å². The molecule has 3 rings (SSSR count). The molecule has 4 heteroatoms. The highest BCUT2D eigenvalue weighted by Crippen LogP contribution is 2.33. The highest BCUT2D eigenvalue weighted by atomic mass is 16.4. The van der Waals surface area contributed by atoms with E-state index in [0.29, 0.717) is 18.1 Å². The molecule has 2 heterocycles. The van der Waals surface area contributed by atoms with Crippen molar-refractivity contribution < 1.29 is 9.21 Å². The molecule has 0 bridgehead atoms. The van der Waals surface area contributed by atoms with E-state index in [2.05, 4.69) is 6.07 Å². The first-order valence-electron chi connectivity index (χ1n) is 6.41. The van der Waals surface area contributed by atoms with Crippen molar-refractivity contribution in [2.75, 3.05) is 4.90 Å². The number of carbonyl (C=O) groups is 1. The van der Waals surface area contributed by atoms with E-state index in [1.165, 1.54) is 5.56 Å². The van der Waals surface area contributed by atoms with Gasteiger partial charge < -0.3 is 15.1 Å². The molecule has 1 amide bonds. The van der Waals surface area contributed by atoms with Gasteiger partial charge in [0.15, 0.2) is 5.76 Å². The third kappa shape index (κ3) is 1.94. The Bertz CT molecular complexity index is 618. The number of furan rings is 1. The number of benzene rings is 1. The zero-order chi connectivity index (χ0) is 13.4. The van der Waals surface area contributed by atoms with Gasteiger partial charge in [0.25, 0.3) is 5.91 Å². The first kappa shape index (κ1) is 12.0. The standard InChI is InChI=1S/C15H16N2O2/c1-10-8-11-4-2-3-5-13(11)17(10)15(18)14-7-6-12(9-16)19-14/h2-7,10H,8-9,16H2,1H3. The lowest BCUT2D eigenvalue weighted by Gasteiger charge is -2.21. The highest BCUT2D eigenvalue weighted by molar-refractivity contribution is 6.06. The third-order valence-electron chi connectivity index (χ3n) is 3.50. The summed E-state index contributed by atoms with van der Waals surface area (Å²) in [5.41, 5.74) is 7.68. The van der Waals surface area contributed by atoms with E-state index in [1.54, 1.807) is 17.0 Å². The van der Waals surface area contributed by atoms with E-state index >= 15 is 0 Å². The van der Waals surface area contributed by atoms with E-state index < -0.39 is 0 Å². The number of rotatable bonds is 2. The maximum absolute atomic E-state index is 12.5. The van der Waals surface area contributed by atoms with Crippen LogP contribution in [0.25, 0.3) is 0 Å². The minimum atomic E-state index is -0.0999. The molecule has 2 aromatic rings. The summed E-state index contributed by atoms with van der Waals surface area (Å²) in [6.07, 6.45) is 0.881. The average Bonchev–Trinajstić information content (AvgIpc) is 3.01. The Balaban J connectivity index is 1.95. The van der Waals surface area contributed by atoms with Crippen molar-refractivity contribution in [3.05, 3.63) is 53.5 Å². The van der Waals surface area contributed by atoms with Gasteiger partial charge in [-0.1, -0.05) is 18.2 Å². The van der Waals surface area contributed by atoms with E-state index in [0.717, 1.165) is 12.1 Å². The SMILES string of the molecule is CC1Cc2ccccc2N1C(=O)c1ccc(CN)o1. The van der Waals surface area contributed by atoms with Crippen molar-refractivity contribution in [1.29, 1.82) is 0 Å². The molecular weight excluding hydrogens is 240 g/mol. The van der Waals surface area contributed by atoms with Crippen LogP contribution in [0.4, 0.5) is 5.69 Å². The number of fused-ring (bicyclic) bond motifs is 1. The first-order chi connectivity index (χ1) is 9.20. The highest BCUT2D eigenvalue weighted by Gasteiger charge is 2.32. The lowest BCUT2D eigenvalue weighted by Crippen LogP contribution is -2.35. The molecule has 1 atom stereocenters. The fourth-order valence-corrected chi connectivity index (χ4v) is 2.60. The summed E-state index contributed by atoms with van der Waals surface area (Å²) in [5, 5.41) is 0. The normalized spacial score (nSPS) is 17.6. The average molecular weight is 256 g/mol. The van der Waals surface area contributed by atoms with Gasteiger partial charge in [-0.3, -0.25) is 4.79 Å². The Morgan fingerprint density at radius 2 is 2.16 bits per heavy atom. The lowest BCUT2D eigenvalue weighted by molar-refractivity contribution is 0.0953. The van der Waals surface area contributed by atoms with Crippen molar-refractivity contribution in [1.82, 2.24) is 0 Å². The minimum Gasteiger partial charge on any atom is -0.455 e. The molecule has 0 saturated carbocycles. The molecule has 1 aliphatic heterocycles. The van der Waals surface area contributed by atoms with Crippen LogP contribution in [0.5, 0.6) is 0 Å². The Labute approximate surface area is 111 Å². The van der Waals surface area contributed by atoms with Crippen LogP contribution in [-0.4, -0.2) is 11.9 Å². The molecule has 19 heavy (non-hydrogen) atoms. The van der Waals surface area contributed by atoms with Gasteiger partial charge in [-0.05, 0) is 37.1 Å². The van der Waals surface area contributed by atoms with Crippen LogP contribution >= 0.6 is 0 Å². The van der Waals surface area contributed by atoms with E-state index in [-0.39, 0.29) is 11.9 Å². The Kier molecular flexibility index (Phi) is 2.87. The second kappa shape index (κ2) is 4.55. The van der Waals surface area contributed by atoms with Gasteiger partial charge in [-0.15, -0.1) is 0 Å². The maximum Gasteiger partial charge on any atom is 0.294 e. The number of hydrogen-bond donors (Lipinski definition) is 1. The summed E-state index contributed by atoms with van der Waals surface area (Å²) in [7, 11) is 0. The van der Waals surface area contributed by atoms with Crippen LogP contribution in [0.3, 0.4) is 0 Å². The fourth-order valence-electron chi connectivity index (χ4n) is 2.60. The van der Waals surface area contributed by atoms with Crippen molar-refractivity contribution in [3.8, 4) is 0 Å². The molecule has 0 spiro atoms. The molecule has 0 saturated heterocycles. The monoisotopic (exact) mass is 256 g/mol. The fraction of sp³-hybridized carbons (Fsp3) is 0.267. The molecule has 1 aromatic heterocycles. The van der Waals surface area contributed by atoms with Gasteiger partial charge in [0.1, 0.15) is 5.76 Å². The Hall–Kier alpha value is -2.07.